The first-order valence-corrected chi connectivity index (χ1v) is 5.91. The van der Waals surface area contributed by atoms with E-state index in [1.807, 2.05) is 0 Å². The van der Waals surface area contributed by atoms with E-state index in [9.17, 15) is 9.59 Å². The second kappa shape index (κ2) is 7.05. The Hall–Kier alpha value is -1.50. The van der Waals surface area contributed by atoms with Crippen molar-refractivity contribution in [3.8, 4) is 0 Å². The zero-order valence-electron chi connectivity index (χ0n) is 10.6. The van der Waals surface area contributed by atoms with E-state index < -0.39 is 18.1 Å². The smallest absolute Gasteiger partial charge is 0.434 e. The Labute approximate surface area is 105 Å². The van der Waals surface area contributed by atoms with Gasteiger partial charge in [0.05, 0.1) is 26.4 Å². The number of rotatable bonds is 4. The van der Waals surface area contributed by atoms with Crippen LogP contribution in [0.1, 0.15) is 26.7 Å². The molecule has 1 heterocycles. The van der Waals surface area contributed by atoms with Gasteiger partial charge in [-0.3, -0.25) is 0 Å². The predicted octanol–water partition coefficient (Wildman–Crippen LogP) is 1.84. The van der Waals surface area contributed by atoms with Crippen molar-refractivity contribution in [3.63, 3.8) is 0 Å². The molecule has 0 amide bonds. The third-order valence-electron chi connectivity index (χ3n) is 2.32. The lowest BCUT2D eigenvalue weighted by atomic mass is 10.1. The standard InChI is InChI=1S/C11H18O7/c1-3-15-9(12)17-11(5-7-14-8-6-11)18-10(13)16-4-2/h3-8H2,1-2H3. The zero-order chi connectivity index (χ0) is 13.4. The summed E-state index contributed by atoms with van der Waals surface area (Å²) >= 11 is 0. The fourth-order valence-corrected chi connectivity index (χ4v) is 1.51. The lowest BCUT2D eigenvalue weighted by Crippen LogP contribution is -2.45. The SMILES string of the molecule is CCOC(=O)OC1(OC(=O)OCC)CCOCC1. The summed E-state index contributed by atoms with van der Waals surface area (Å²) in [5, 5.41) is 0. The van der Waals surface area contributed by atoms with Crippen molar-refractivity contribution < 1.29 is 33.3 Å². The van der Waals surface area contributed by atoms with E-state index in [4.69, 9.17) is 14.2 Å². The lowest BCUT2D eigenvalue weighted by Gasteiger charge is -2.34. The summed E-state index contributed by atoms with van der Waals surface area (Å²) in [6.45, 7) is 4.35. The van der Waals surface area contributed by atoms with Gasteiger partial charge in [-0.25, -0.2) is 9.59 Å². The van der Waals surface area contributed by atoms with Gasteiger partial charge in [-0.05, 0) is 13.8 Å². The van der Waals surface area contributed by atoms with Crippen molar-refractivity contribution >= 4 is 12.3 Å². The highest BCUT2D eigenvalue weighted by Crippen LogP contribution is 2.27. The zero-order valence-corrected chi connectivity index (χ0v) is 10.6. The quantitative estimate of drug-likeness (QED) is 0.564. The number of hydrogen-bond donors (Lipinski definition) is 0. The summed E-state index contributed by atoms with van der Waals surface area (Å²) in [7, 11) is 0. The van der Waals surface area contributed by atoms with Gasteiger partial charge in [0.15, 0.2) is 0 Å². The molecule has 0 atom stereocenters. The van der Waals surface area contributed by atoms with Gasteiger partial charge in [-0.15, -0.1) is 0 Å². The summed E-state index contributed by atoms with van der Waals surface area (Å²) in [5.74, 6) is -1.35. The first-order valence-electron chi connectivity index (χ1n) is 5.91. The second-order valence-electron chi connectivity index (χ2n) is 3.59. The van der Waals surface area contributed by atoms with Crippen LogP contribution < -0.4 is 0 Å². The van der Waals surface area contributed by atoms with Crippen LogP contribution >= 0.6 is 0 Å². The molecule has 104 valence electrons. The molecule has 0 saturated carbocycles. The summed E-state index contributed by atoms with van der Waals surface area (Å²) < 4.78 is 24.6. The highest BCUT2D eigenvalue weighted by Gasteiger charge is 2.42. The van der Waals surface area contributed by atoms with Crippen LogP contribution in [0.2, 0.25) is 0 Å². The van der Waals surface area contributed by atoms with Crippen LogP contribution in [0, 0.1) is 0 Å². The molecule has 0 aromatic rings. The molecular formula is C11H18O7. The minimum atomic E-state index is -1.35. The molecule has 0 bridgehead atoms. The van der Waals surface area contributed by atoms with Crippen molar-refractivity contribution in [2.75, 3.05) is 26.4 Å². The average Bonchev–Trinajstić information content (AvgIpc) is 2.30. The molecule has 0 N–H and O–H groups in total. The van der Waals surface area contributed by atoms with Gasteiger partial charge < -0.3 is 23.7 Å². The van der Waals surface area contributed by atoms with Crippen LogP contribution in [-0.2, 0) is 23.7 Å². The first-order chi connectivity index (χ1) is 8.62. The maximum absolute atomic E-state index is 11.3. The van der Waals surface area contributed by atoms with Crippen LogP contribution in [0.25, 0.3) is 0 Å². The van der Waals surface area contributed by atoms with Crippen LogP contribution in [0.15, 0.2) is 0 Å². The average molecular weight is 262 g/mol. The van der Waals surface area contributed by atoms with E-state index in [1.54, 1.807) is 13.8 Å². The summed E-state index contributed by atoms with van der Waals surface area (Å²) in [6, 6.07) is 0. The van der Waals surface area contributed by atoms with E-state index >= 15 is 0 Å². The Morgan fingerprint density at radius 2 is 1.44 bits per heavy atom. The van der Waals surface area contributed by atoms with Gasteiger partial charge in [0.1, 0.15) is 0 Å². The van der Waals surface area contributed by atoms with Gasteiger partial charge in [0, 0.05) is 12.8 Å². The minimum Gasteiger partial charge on any atom is -0.434 e. The molecule has 0 radical (unpaired) electrons. The summed E-state index contributed by atoms with van der Waals surface area (Å²) in [6.07, 6.45) is -1.23. The highest BCUT2D eigenvalue weighted by molar-refractivity contribution is 5.63. The first kappa shape index (κ1) is 14.6. The molecule has 0 aromatic heterocycles. The molecular weight excluding hydrogens is 244 g/mol. The van der Waals surface area contributed by atoms with Crippen LogP contribution in [0.3, 0.4) is 0 Å². The van der Waals surface area contributed by atoms with Gasteiger partial charge in [-0.2, -0.15) is 0 Å². The third kappa shape index (κ3) is 4.40. The molecule has 7 nitrogen and oxygen atoms in total. The number of hydrogen-bond acceptors (Lipinski definition) is 7. The maximum atomic E-state index is 11.3. The van der Waals surface area contributed by atoms with Crippen molar-refractivity contribution in [3.05, 3.63) is 0 Å². The fraction of sp³-hybridized carbons (Fsp3) is 0.818. The van der Waals surface area contributed by atoms with Crippen molar-refractivity contribution in [2.24, 2.45) is 0 Å². The van der Waals surface area contributed by atoms with Gasteiger partial charge in [-0.1, -0.05) is 0 Å². The van der Waals surface area contributed by atoms with Gasteiger partial charge in [0.25, 0.3) is 5.79 Å². The summed E-state index contributed by atoms with van der Waals surface area (Å²) in [5.41, 5.74) is 0. The Kier molecular flexibility index (Phi) is 5.70. The second-order valence-corrected chi connectivity index (χ2v) is 3.59. The third-order valence-corrected chi connectivity index (χ3v) is 2.32. The largest absolute Gasteiger partial charge is 0.511 e. The Morgan fingerprint density at radius 1 is 1.00 bits per heavy atom. The number of carbonyl (C=O) groups is 2. The van der Waals surface area contributed by atoms with E-state index in [-0.39, 0.29) is 26.1 Å². The van der Waals surface area contributed by atoms with Gasteiger partial charge >= 0.3 is 12.3 Å². The molecule has 0 aliphatic carbocycles. The topological polar surface area (TPSA) is 80.3 Å². The molecule has 1 aliphatic rings. The van der Waals surface area contributed by atoms with E-state index in [1.165, 1.54) is 0 Å². The van der Waals surface area contributed by atoms with E-state index in [2.05, 4.69) is 9.47 Å². The van der Waals surface area contributed by atoms with Crippen LogP contribution in [0.5, 0.6) is 0 Å². The van der Waals surface area contributed by atoms with Crippen molar-refractivity contribution in [1.82, 2.24) is 0 Å². The minimum absolute atomic E-state index is 0.185. The maximum Gasteiger partial charge on any atom is 0.511 e. The predicted molar refractivity (Wildman–Crippen MR) is 59.0 cm³/mol. The Bertz CT molecular complexity index is 261. The molecule has 0 spiro atoms. The Morgan fingerprint density at radius 3 is 1.83 bits per heavy atom. The highest BCUT2D eigenvalue weighted by atomic mass is 16.8. The molecule has 0 unspecified atom stereocenters. The van der Waals surface area contributed by atoms with Crippen LogP contribution in [-0.4, -0.2) is 44.5 Å². The van der Waals surface area contributed by atoms with E-state index in [0.29, 0.717) is 13.2 Å². The number of ether oxygens (including phenoxy) is 5. The molecule has 7 heteroatoms. The van der Waals surface area contributed by atoms with Crippen molar-refractivity contribution in [2.45, 2.75) is 32.5 Å². The van der Waals surface area contributed by atoms with E-state index in [0.717, 1.165) is 0 Å². The monoisotopic (exact) mass is 262 g/mol. The molecule has 1 rings (SSSR count). The molecule has 1 aliphatic heterocycles. The lowest BCUT2D eigenvalue weighted by molar-refractivity contribution is -0.224. The number of carbonyl (C=O) groups excluding carboxylic acids is 2. The molecule has 1 saturated heterocycles. The van der Waals surface area contributed by atoms with Crippen LogP contribution in [0.4, 0.5) is 9.59 Å². The molecule has 0 aromatic carbocycles. The molecule has 18 heavy (non-hydrogen) atoms. The molecule has 1 fully saturated rings. The van der Waals surface area contributed by atoms with Crippen molar-refractivity contribution in [1.29, 1.82) is 0 Å². The normalized spacial score (nSPS) is 17.7. The van der Waals surface area contributed by atoms with Gasteiger partial charge in [0.2, 0.25) is 0 Å². The Balaban J connectivity index is 2.62. The summed E-state index contributed by atoms with van der Waals surface area (Å²) in [4.78, 5) is 22.7. The fourth-order valence-electron chi connectivity index (χ4n) is 1.51.